The van der Waals surface area contributed by atoms with Crippen LogP contribution in [0.4, 0.5) is 0 Å². The van der Waals surface area contributed by atoms with Gasteiger partial charge in [0, 0.05) is 18.6 Å². The second-order valence-corrected chi connectivity index (χ2v) is 5.07. The quantitative estimate of drug-likeness (QED) is 0.621. The molecule has 2 atom stereocenters. The van der Waals surface area contributed by atoms with Gasteiger partial charge in [0.1, 0.15) is 6.10 Å². The number of nitrogens with one attached hydrogen (secondary N) is 1. The van der Waals surface area contributed by atoms with E-state index in [1.54, 1.807) is 0 Å². The van der Waals surface area contributed by atoms with Crippen LogP contribution in [0.5, 0.6) is 0 Å². The van der Waals surface area contributed by atoms with Crippen molar-refractivity contribution in [3.05, 3.63) is 0 Å². The average Bonchev–Trinajstić information content (AvgIpc) is 2.75. The Bertz CT molecular complexity index is 302. The topological polar surface area (TPSA) is 95.9 Å². The number of carbonyl (C=O) groups excluding carboxylic acids is 1. The minimum Gasteiger partial charge on any atom is -0.479 e. The number of ether oxygens (including phenoxy) is 1. The van der Waals surface area contributed by atoms with Crippen LogP contribution in [0.3, 0.4) is 0 Å². The summed E-state index contributed by atoms with van der Waals surface area (Å²) >= 11 is 0. The van der Waals surface area contributed by atoms with Gasteiger partial charge in [-0.15, -0.1) is 0 Å². The van der Waals surface area contributed by atoms with Gasteiger partial charge in [-0.3, -0.25) is 4.79 Å². The summed E-state index contributed by atoms with van der Waals surface area (Å²) in [4.78, 5) is 22.3. The van der Waals surface area contributed by atoms with E-state index in [9.17, 15) is 9.59 Å². The average molecular weight is 245 g/mol. The number of amides is 1. The van der Waals surface area contributed by atoms with Crippen molar-refractivity contribution in [2.45, 2.75) is 38.9 Å². The molecule has 1 aliphatic rings. The molecule has 1 fully saturated rings. The van der Waals surface area contributed by atoms with Gasteiger partial charge in [-0.25, -0.2) is 4.79 Å². The number of hydrogen-bond donors (Lipinski definition) is 3. The lowest BCUT2D eigenvalue weighted by molar-refractivity contribution is -0.151. The van der Waals surface area contributed by atoms with E-state index in [1.807, 2.05) is 13.8 Å². The first-order valence-electron chi connectivity index (χ1n) is 5.62. The summed E-state index contributed by atoms with van der Waals surface area (Å²) < 4.78 is 5.11. The number of aliphatic hydroxyl groups excluding tert-OH is 1. The standard InChI is InChI=1S/C11H19NO5/c1-11(2,6-13)5-12-9(14)7-3-4-8(17-7)10(15)16/h7-8,13H,3-6H2,1-2H3,(H,12,14)(H,15,16). The van der Waals surface area contributed by atoms with Crippen LogP contribution in [0.25, 0.3) is 0 Å². The van der Waals surface area contributed by atoms with Gasteiger partial charge in [-0.1, -0.05) is 13.8 Å². The molecule has 0 aromatic heterocycles. The first-order valence-corrected chi connectivity index (χ1v) is 5.62. The van der Waals surface area contributed by atoms with Crippen molar-refractivity contribution in [3.63, 3.8) is 0 Å². The molecule has 6 heteroatoms. The summed E-state index contributed by atoms with van der Waals surface area (Å²) in [5.74, 6) is -1.34. The third-order valence-electron chi connectivity index (χ3n) is 2.76. The Morgan fingerprint density at radius 1 is 1.35 bits per heavy atom. The zero-order chi connectivity index (χ0) is 13.1. The molecule has 1 rings (SSSR count). The van der Waals surface area contributed by atoms with Gasteiger partial charge in [0.05, 0.1) is 0 Å². The highest BCUT2D eigenvalue weighted by molar-refractivity contribution is 5.82. The zero-order valence-electron chi connectivity index (χ0n) is 10.1. The molecule has 6 nitrogen and oxygen atoms in total. The van der Waals surface area contributed by atoms with Crippen molar-refractivity contribution in [3.8, 4) is 0 Å². The Morgan fingerprint density at radius 3 is 2.41 bits per heavy atom. The highest BCUT2D eigenvalue weighted by Crippen LogP contribution is 2.20. The van der Waals surface area contributed by atoms with Gasteiger partial charge in [-0.05, 0) is 12.8 Å². The van der Waals surface area contributed by atoms with Crippen LogP contribution < -0.4 is 5.32 Å². The predicted molar refractivity (Wildman–Crippen MR) is 59.4 cm³/mol. The lowest BCUT2D eigenvalue weighted by Crippen LogP contribution is -2.41. The maximum Gasteiger partial charge on any atom is 0.332 e. The van der Waals surface area contributed by atoms with E-state index in [0.717, 1.165) is 0 Å². The van der Waals surface area contributed by atoms with E-state index in [1.165, 1.54) is 0 Å². The molecule has 1 heterocycles. The van der Waals surface area contributed by atoms with E-state index in [-0.39, 0.29) is 17.9 Å². The summed E-state index contributed by atoms with van der Waals surface area (Å²) in [7, 11) is 0. The second kappa shape index (κ2) is 5.46. The first kappa shape index (κ1) is 13.9. The molecule has 0 bridgehead atoms. The van der Waals surface area contributed by atoms with Crippen LogP contribution in [0.2, 0.25) is 0 Å². The van der Waals surface area contributed by atoms with Gasteiger partial charge in [0.15, 0.2) is 6.10 Å². The second-order valence-electron chi connectivity index (χ2n) is 5.07. The maximum absolute atomic E-state index is 11.7. The Hall–Kier alpha value is -1.14. The number of aliphatic carboxylic acids is 1. The summed E-state index contributed by atoms with van der Waals surface area (Å²) in [5, 5.41) is 20.4. The fourth-order valence-electron chi connectivity index (χ4n) is 1.51. The normalized spacial score (nSPS) is 24.6. The molecular formula is C11H19NO5. The van der Waals surface area contributed by atoms with Gasteiger partial charge in [0.2, 0.25) is 5.91 Å². The molecule has 0 aromatic carbocycles. The largest absolute Gasteiger partial charge is 0.479 e. The molecule has 0 aromatic rings. The monoisotopic (exact) mass is 245 g/mol. The van der Waals surface area contributed by atoms with Crippen molar-refractivity contribution in [1.29, 1.82) is 0 Å². The third kappa shape index (κ3) is 3.98. The van der Waals surface area contributed by atoms with Gasteiger partial charge in [0.25, 0.3) is 0 Å². The molecule has 0 radical (unpaired) electrons. The number of carboxylic acid groups (broad SMARTS) is 1. The Labute approximate surface area is 100.0 Å². The summed E-state index contributed by atoms with van der Waals surface area (Å²) in [6.07, 6.45) is -0.790. The van der Waals surface area contributed by atoms with Gasteiger partial charge in [-0.2, -0.15) is 0 Å². The maximum atomic E-state index is 11.7. The molecule has 1 amide bonds. The van der Waals surface area contributed by atoms with Crippen LogP contribution in [0.1, 0.15) is 26.7 Å². The van der Waals surface area contributed by atoms with E-state index in [0.29, 0.717) is 19.4 Å². The number of carboxylic acids is 1. The van der Waals surface area contributed by atoms with Crippen LogP contribution >= 0.6 is 0 Å². The lowest BCUT2D eigenvalue weighted by atomic mass is 9.95. The number of rotatable bonds is 5. The molecule has 0 spiro atoms. The minimum absolute atomic E-state index is 0.0312. The molecule has 0 saturated carbocycles. The first-order chi connectivity index (χ1) is 7.85. The van der Waals surface area contributed by atoms with E-state index < -0.39 is 18.2 Å². The van der Waals surface area contributed by atoms with E-state index in [4.69, 9.17) is 14.9 Å². The van der Waals surface area contributed by atoms with Gasteiger partial charge < -0.3 is 20.3 Å². The molecule has 17 heavy (non-hydrogen) atoms. The number of carbonyl (C=O) groups is 2. The summed E-state index contributed by atoms with van der Waals surface area (Å²) in [5.41, 5.74) is -0.388. The number of aliphatic hydroxyl groups is 1. The zero-order valence-corrected chi connectivity index (χ0v) is 10.1. The van der Waals surface area contributed by atoms with Crippen molar-refractivity contribution < 1.29 is 24.5 Å². The lowest BCUT2D eigenvalue weighted by Gasteiger charge is -2.22. The number of hydrogen-bond acceptors (Lipinski definition) is 4. The highest BCUT2D eigenvalue weighted by atomic mass is 16.5. The van der Waals surface area contributed by atoms with Crippen molar-refractivity contribution >= 4 is 11.9 Å². The Morgan fingerprint density at radius 2 is 1.94 bits per heavy atom. The molecule has 3 N–H and O–H groups in total. The van der Waals surface area contributed by atoms with E-state index >= 15 is 0 Å². The molecule has 1 saturated heterocycles. The minimum atomic E-state index is -1.03. The highest BCUT2D eigenvalue weighted by Gasteiger charge is 2.35. The van der Waals surface area contributed by atoms with Crippen molar-refractivity contribution in [2.75, 3.05) is 13.2 Å². The van der Waals surface area contributed by atoms with Crippen LogP contribution in [0, 0.1) is 5.41 Å². The molecule has 98 valence electrons. The smallest absolute Gasteiger partial charge is 0.332 e. The van der Waals surface area contributed by atoms with Gasteiger partial charge >= 0.3 is 5.97 Å². The fraction of sp³-hybridized carbons (Fsp3) is 0.818. The SMILES string of the molecule is CC(C)(CO)CNC(=O)C1CCC(C(=O)O)O1. The Kier molecular flexibility index (Phi) is 4.47. The van der Waals surface area contributed by atoms with E-state index in [2.05, 4.69) is 5.32 Å². The summed E-state index contributed by atoms with van der Waals surface area (Å²) in [6.45, 7) is 3.95. The third-order valence-corrected chi connectivity index (χ3v) is 2.76. The molecular weight excluding hydrogens is 226 g/mol. The predicted octanol–water partition coefficient (Wildman–Crippen LogP) is -0.247. The van der Waals surface area contributed by atoms with Crippen molar-refractivity contribution in [2.24, 2.45) is 5.41 Å². The van der Waals surface area contributed by atoms with Crippen LogP contribution in [-0.4, -0.2) is 47.4 Å². The summed E-state index contributed by atoms with van der Waals surface area (Å²) in [6, 6.07) is 0. The molecule has 2 unspecified atom stereocenters. The molecule has 1 aliphatic heterocycles. The van der Waals surface area contributed by atoms with Crippen molar-refractivity contribution in [1.82, 2.24) is 5.32 Å². The van der Waals surface area contributed by atoms with Crippen LogP contribution in [0.15, 0.2) is 0 Å². The molecule has 0 aliphatic carbocycles. The Balaban J connectivity index is 2.37. The van der Waals surface area contributed by atoms with Crippen LogP contribution in [-0.2, 0) is 14.3 Å². The fourth-order valence-corrected chi connectivity index (χ4v) is 1.51.